The molecule has 0 atom stereocenters. The van der Waals surface area contributed by atoms with Crippen LogP contribution in [0.5, 0.6) is 0 Å². The van der Waals surface area contributed by atoms with Gasteiger partial charge in [0.2, 0.25) is 5.95 Å². The number of hydrogen-bond acceptors (Lipinski definition) is 5. The van der Waals surface area contributed by atoms with Crippen molar-refractivity contribution in [3.8, 4) is 0 Å². The fourth-order valence-corrected chi connectivity index (χ4v) is 2.19. The Labute approximate surface area is 140 Å². The normalized spacial score (nSPS) is 10.4. The van der Waals surface area contributed by atoms with E-state index in [2.05, 4.69) is 25.8 Å². The minimum absolute atomic E-state index is 0.224. The van der Waals surface area contributed by atoms with Gasteiger partial charge in [0.05, 0.1) is 6.20 Å². The molecule has 0 bridgehead atoms. The number of hydrogen-bond donors (Lipinski definition) is 2. The van der Waals surface area contributed by atoms with Crippen LogP contribution in [0.2, 0.25) is 0 Å². The molecule has 0 aliphatic heterocycles. The standard InChI is InChI=1S/C18H18FN5/c1-13-2-8-16(9-3-13)22-18-23-17(12-21-24-18)20-11-10-14-4-6-15(19)7-5-14/h2-9,12H,10-11H2,1H3,(H2,20,22,23,24). The first-order valence-electron chi connectivity index (χ1n) is 7.71. The first-order chi connectivity index (χ1) is 11.7. The first kappa shape index (κ1) is 15.9. The van der Waals surface area contributed by atoms with Gasteiger partial charge < -0.3 is 10.6 Å². The Morgan fingerprint density at radius 2 is 1.75 bits per heavy atom. The van der Waals surface area contributed by atoms with Gasteiger partial charge in [-0.3, -0.25) is 0 Å². The van der Waals surface area contributed by atoms with Gasteiger partial charge in [0.1, 0.15) is 5.82 Å². The van der Waals surface area contributed by atoms with Crippen molar-refractivity contribution in [3.05, 3.63) is 71.7 Å². The van der Waals surface area contributed by atoms with Crippen molar-refractivity contribution in [3.63, 3.8) is 0 Å². The molecule has 0 saturated heterocycles. The van der Waals surface area contributed by atoms with E-state index >= 15 is 0 Å². The summed E-state index contributed by atoms with van der Waals surface area (Å²) in [4.78, 5) is 4.38. The molecule has 5 nitrogen and oxygen atoms in total. The van der Waals surface area contributed by atoms with Crippen LogP contribution in [0.25, 0.3) is 0 Å². The largest absolute Gasteiger partial charge is 0.368 e. The Hall–Kier alpha value is -3.02. The summed E-state index contributed by atoms with van der Waals surface area (Å²) in [5.41, 5.74) is 3.16. The lowest BCUT2D eigenvalue weighted by molar-refractivity contribution is 0.627. The number of aryl methyl sites for hydroxylation is 1. The second kappa shape index (κ2) is 7.50. The summed E-state index contributed by atoms with van der Waals surface area (Å²) in [6.07, 6.45) is 2.34. The molecule has 1 heterocycles. The third-order valence-corrected chi connectivity index (χ3v) is 3.50. The highest BCUT2D eigenvalue weighted by atomic mass is 19.1. The fraction of sp³-hybridized carbons (Fsp3) is 0.167. The van der Waals surface area contributed by atoms with Crippen molar-refractivity contribution < 1.29 is 4.39 Å². The van der Waals surface area contributed by atoms with Crippen LogP contribution in [0.3, 0.4) is 0 Å². The van der Waals surface area contributed by atoms with Crippen LogP contribution in [0.1, 0.15) is 11.1 Å². The predicted octanol–water partition coefficient (Wildman–Crippen LogP) is 3.72. The number of nitrogens with one attached hydrogen (secondary N) is 2. The van der Waals surface area contributed by atoms with Gasteiger partial charge in [0, 0.05) is 12.2 Å². The van der Waals surface area contributed by atoms with Crippen molar-refractivity contribution in [2.24, 2.45) is 0 Å². The molecule has 0 amide bonds. The van der Waals surface area contributed by atoms with E-state index in [0.29, 0.717) is 18.3 Å². The van der Waals surface area contributed by atoms with Crippen molar-refractivity contribution in [1.82, 2.24) is 15.2 Å². The van der Waals surface area contributed by atoms with Crippen LogP contribution in [-0.4, -0.2) is 21.7 Å². The van der Waals surface area contributed by atoms with Crippen LogP contribution < -0.4 is 10.6 Å². The minimum atomic E-state index is -0.224. The molecule has 0 spiro atoms. The molecule has 0 unspecified atom stereocenters. The van der Waals surface area contributed by atoms with Crippen molar-refractivity contribution in [2.45, 2.75) is 13.3 Å². The van der Waals surface area contributed by atoms with Gasteiger partial charge in [0.15, 0.2) is 5.82 Å². The molecule has 2 aromatic carbocycles. The van der Waals surface area contributed by atoms with E-state index in [0.717, 1.165) is 17.7 Å². The summed E-state index contributed by atoms with van der Waals surface area (Å²) in [6, 6.07) is 14.4. The quantitative estimate of drug-likeness (QED) is 0.724. The maximum atomic E-state index is 12.9. The summed E-state index contributed by atoms with van der Waals surface area (Å²) < 4.78 is 12.9. The molecular weight excluding hydrogens is 305 g/mol. The zero-order chi connectivity index (χ0) is 16.8. The van der Waals surface area contributed by atoms with E-state index in [1.54, 1.807) is 18.3 Å². The number of rotatable bonds is 6. The van der Waals surface area contributed by atoms with Gasteiger partial charge >= 0.3 is 0 Å². The van der Waals surface area contributed by atoms with E-state index < -0.39 is 0 Å². The van der Waals surface area contributed by atoms with Gasteiger partial charge in [0.25, 0.3) is 0 Å². The topological polar surface area (TPSA) is 62.7 Å². The zero-order valence-electron chi connectivity index (χ0n) is 13.3. The fourth-order valence-electron chi connectivity index (χ4n) is 2.19. The average Bonchev–Trinajstić information content (AvgIpc) is 2.59. The summed E-state index contributed by atoms with van der Waals surface area (Å²) >= 11 is 0. The lowest BCUT2D eigenvalue weighted by atomic mass is 10.1. The zero-order valence-corrected chi connectivity index (χ0v) is 13.3. The molecule has 6 heteroatoms. The van der Waals surface area contributed by atoms with Crippen molar-refractivity contribution in [2.75, 3.05) is 17.2 Å². The van der Waals surface area contributed by atoms with Gasteiger partial charge in [-0.1, -0.05) is 29.8 Å². The van der Waals surface area contributed by atoms with Crippen LogP contribution in [0.15, 0.2) is 54.7 Å². The SMILES string of the molecule is Cc1ccc(Nc2nncc(NCCc3ccc(F)cc3)n2)cc1. The number of halogens is 1. The monoisotopic (exact) mass is 323 g/mol. The number of anilines is 3. The molecule has 0 saturated carbocycles. The van der Waals surface area contributed by atoms with E-state index in [1.165, 1.54) is 17.7 Å². The van der Waals surface area contributed by atoms with Crippen LogP contribution in [0, 0.1) is 12.7 Å². The van der Waals surface area contributed by atoms with Gasteiger partial charge in [-0.2, -0.15) is 10.1 Å². The third kappa shape index (κ3) is 4.49. The third-order valence-electron chi connectivity index (χ3n) is 3.50. The Morgan fingerprint density at radius 1 is 1.00 bits per heavy atom. The van der Waals surface area contributed by atoms with Gasteiger partial charge in [-0.25, -0.2) is 4.39 Å². The Morgan fingerprint density at radius 3 is 2.50 bits per heavy atom. The van der Waals surface area contributed by atoms with E-state index in [1.807, 2.05) is 31.2 Å². The highest BCUT2D eigenvalue weighted by Gasteiger charge is 2.02. The maximum absolute atomic E-state index is 12.9. The summed E-state index contributed by atoms with van der Waals surface area (Å²) in [6.45, 7) is 2.71. The van der Waals surface area contributed by atoms with Crippen LogP contribution in [0.4, 0.5) is 21.8 Å². The molecule has 0 aliphatic rings. The average molecular weight is 323 g/mol. The molecule has 24 heavy (non-hydrogen) atoms. The van der Waals surface area contributed by atoms with Crippen molar-refractivity contribution >= 4 is 17.5 Å². The second-order valence-electron chi connectivity index (χ2n) is 5.46. The van der Waals surface area contributed by atoms with Gasteiger partial charge in [-0.15, -0.1) is 5.10 Å². The van der Waals surface area contributed by atoms with E-state index in [9.17, 15) is 4.39 Å². The molecular formula is C18H18FN5. The Kier molecular flexibility index (Phi) is 4.96. The van der Waals surface area contributed by atoms with Crippen molar-refractivity contribution in [1.29, 1.82) is 0 Å². The number of aromatic nitrogens is 3. The lowest BCUT2D eigenvalue weighted by Crippen LogP contribution is -2.08. The maximum Gasteiger partial charge on any atom is 0.249 e. The van der Waals surface area contributed by atoms with Crippen LogP contribution >= 0.6 is 0 Å². The molecule has 0 fully saturated rings. The highest BCUT2D eigenvalue weighted by molar-refractivity contribution is 5.54. The van der Waals surface area contributed by atoms with E-state index in [-0.39, 0.29) is 5.82 Å². The Balaban J connectivity index is 1.56. The number of nitrogens with zero attached hydrogens (tertiary/aromatic N) is 3. The summed E-state index contributed by atoms with van der Waals surface area (Å²) in [5, 5.41) is 14.2. The molecule has 1 aromatic heterocycles. The molecule has 0 radical (unpaired) electrons. The second-order valence-corrected chi connectivity index (χ2v) is 5.46. The molecule has 3 aromatic rings. The summed E-state index contributed by atoms with van der Waals surface area (Å²) in [5.74, 6) is 0.853. The van der Waals surface area contributed by atoms with E-state index in [4.69, 9.17) is 0 Å². The molecule has 2 N–H and O–H groups in total. The van der Waals surface area contributed by atoms with Gasteiger partial charge in [-0.05, 0) is 43.2 Å². The lowest BCUT2D eigenvalue weighted by Gasteiger charge is -2.08. The minimum Gasteiger partial charge on any atom is -0.368 e. The Bertz CT molecular complexity index is 787. The predicted molar refractivity (Wildman–Crippen MR) is 92.9 cm³/mol. The van der Waals surface area contributed by atoms with Crippen LogP contribution in [-0.2, 0) is 6.42 Å². The summed E-state index contributed by atoms with van der Waals surface area (Å²) in [7, 11) is 0. The smallest absolute Gasteiger partial charge is 0.249 e. The molecule has 0 aliphatic carbocycles. The number of benzene rings is 2. The first-order valence-corrected chi connectivity index (χ1v) is 7.71. The molecule has 3 rings (SSSR count). The molecule has 122 valence electrons. The highest BCUT2D eigenvalue weighted by Crippen LogP contribution is 2.14.